The van der Waals surface area contributed by atoms with Gasteiger partial charge < -0.3 is 13.6 Å². The van der Waals surface area contributed by atoms with E-state index >= 15 is 0 Å². The fourth-order valence-electron chi connectivity index (χ4n) is 3.59. The molecule has 36 heavy (non-hydrogen) atoms. The van der Waals surface area contributed by atoms with Crippen LogP contribution in [0.15, 0.2) is 63.8 Å². The Balaban J connectivity index is 1.78. The second kappa shape index (κ2) is 11.3. The normalized spacial score (nSPS) is 13.6. The number of hydrogen-bond acceptors (Lipinski definition) is 6. The Hall–Kier alpha value is -2.46. The zero-order valence-corrected chi connectivity index (χ0v) is 23.4. The first-order valence-corrected chi connectivity index (χ1v) is 16.7. The molecule has 7 nitrogen and oxygen atoms in total. The first kappa shape index (κ1) is 28.1. The van der Waals surface area contributed by atoms with Gasteiger partial charge in [-0.1, -0.05) is 51.1 Å². The van der Waals surface area contributed by atoms with Crippen molar-refractivity contribution in [3.8, 4) is 17.1 Å². The molecule has 0 saturated carbocycles. The van der Waals surface area contributed by atoms with E-state index in [1.807, 2.05) is 30.3 Å². The zero-order chi connectivity index (χ0) is 26.6. The van der Waals surface area contributed by atoms with Crippen molar-refractivity contribution in [1.82, 2.24) is 0 Å². The molecule has 0 saturated heterocycles. The third-order valence-corrected chi connectivity index (χ3v) is 12.0. The van der Waals surface area contributed by atoms with E-state index in [0.29, 0.717) is 41.7 Å². The Bertz CT molecular complexity index is 1330. The van der Waals surface area contributed by atoms with Gasteiger partial charge in [0.15, 0.2) is 13.7 Å². The van der Waals surface area contributed by atoms with Gasteiger partial charge in [-0.05, 0) is 49.5 Å². The first-order chi connectivity index (χ1) is 16.7. The molecule has 1 aromatic heterocycles. The molecule has 3 rings (SSSR count). The van der Waals surface area contributed by atoms with Crippen LogP contribution < -0.4 is 10.2 Å². The van der Waals surface area contributed by atoms with Crippen LogP contribution in [0.2, 0.25) is 18.1 Å². The number of benzene rings is 2. The van der Waals surface area contributed by atoms with E-state index in [1.165, 1.54) is 6.07 Å². The quantitative estimate of drug-likeness (QED) is 0.176. The van der Waals surface area contributed by atoms with Gasteiger partial charge in [-0.2, -0.15) is 8.42 Å². The average molecular weight is 533 g/mol. The summed E-state index contributed by atoms with van der Waals surface area (Å²) in [5.41, 5.74) is 1.13. The molecule has 9 heteroatoms. The lowest BCUT2D eigenvalue weighted by Crippen LogP contribution is -2.45. The standard InChI is InChI=1S/C27H36O7SSi/c1-27(2,3)36(4,5)34-22(13-9-10-16-35(29,30)31)19-32-21-14-15-23-24(28)18-25(33-26(23)17-21)20-11-7-6-8-12-20/h6-8,11-12,14-15,17-18,22H,9-10,13,16,19H2,1-5H3,(H,29,30,31). The molecule has 0 aliphatic carbocycles. The topological polar surface area (TPSA) is 103 Å². The fraction of sp³-hybridized carbons (Fsp3) is 0.444. The highest BCUT2D eigenvalue weighted by Gasteiger charge is 2.39. The van der Waals surface area contributed by atoms with Gasteiger partial charge in [0.05, 0.1) is 17.2 Å². The van der Waals surface area contributed by atoms with Crippen LogP contribution in [0.5, 0.6) is 5.75 Å². The van der Waals surface area contributed by atoms with Crippen LogP contribution in [0.1, 0.15) is 40.0 Å². The highest BCUT2D eigenvalue weighted by Crippen LogP contribution is 2.38. The van der Waals surface area contributed by atoms with E-state index in [2.05, 4.69) is 33.9 Å². The second-order valence-corrected chi connectivity index (χ2v) is 16.9. The highest BCUT2D eigenvalue weighted by atomic mass is 32.2. The van der Waals surface area contributed by atoms with Crippen molar-refractivity contribution in [3.63, 3.8) is 0 Å². The molecule has 0 fully saturated rings. The van der Waals surface area contributed by atoms with Crippen LogP contribution in [0, 0.1) is 0 Å². The summed E-state index contributed by atoms with van der Waals surface area (Å²) in [6, 6.07) is 16.1. The SMILES string of the molecule is CC(C)(C)[Si](C)(C)OC(CCCCS(=O)(=O)O)COc1ccc2c(=O)cc(-c3ccccc3)oc2c1. The summed E-state index contributed by atoms with van der Waals surface area (Å²) < 4.78 is 49.8. The number of rotatable bonds is 11. The van der Waals surface area contributed by atoms with Crippen LogP contribution in [0.3, 0.4) is 0 Å². The maximum absolute atomic E-state index is 12.6. The summed E-state index contributed by atoms with van der Waals surface area (Å²) in [6.45, 7) is 11.1. The predicted octanol–water partition coefficient (Wildman–Crippen LogP) is 6.29. The minimum Gasteiger partial charge on any atom is -0.491 e. The maximum Gasteiger partial charge on any atom is 0.264 e. The molecule has 1 heterocycles. The van der Waals surface area contributed by atoms with E-state index in [4.69, 9.17) is 18.1 Å². The molecule has 196 valence electrons. The summed E-state index contributed by atoms with van der Waals surface area (Å²) in [4.78, 5) is 12.6. The summed E-state index contributed by atoms with van der Waals surface area (Å²) >= 11 is 0. The number of ether oxygens (including phenoxy) is 1. The smallest absolute Gasteiger partial charge is 0.264 e. The molecule has 2 aromatic carbocycles. The van der Waals surface area contributed by atoms with Gasteiger partial charge in [-0.3, -0.25) is 9.35 Å². The Morgan fingerprint density at radius 1 is 1.03 bits per heavy atom. The van der Waals surface area contributed by atoms with Gasteiger partial charge in [0.1, 0.15) is 23.7 Å². The van der Waals surface area contributed by atoms with E-state index < -0.39 is 18.4 Å². The highest BCUT2D eigenvalue weighted by molar-refractivity contribution is 7.85. The summed E-state index contributed by atoms with van der Waals surface area (Å²) in [5, 5.41) is 0.473. The Morgan fingerprint density at radius 3 is 2.36 bits per heavy atom. The van der Waals surface area contributed by atoms with Gasteiger partial charge in [0.2, 0.25) is 0 Å². The Morgan fingerprint density at radius 2 is 1.72 bits per heavy atom. The van der Waals surface area contributed by atoms with Crippen molar-refractivity contribution in [3.05, 3.63) is 64.8 Å². The predicted molar refractivity (Wildman–Crippen MR) is 146 cm³/mol. The van der Waals surface area contributed by atoms with Crippen molar-refractivity contribution in [1.29, 1.82) is 0 Å². The molecule has 1 atom stereocenters. The summed E-state index contributed by atoms with van der Waals surface area (Å²) in [7, 11) is -6.09. The third-order valence-electron chi connectivity index (χ3n) is 6.64. The van der Waals surface area contributed by atoms with Gasteiger partial charge in [0.25, 0.3) is 10.1 Å². The fourth-order valence-corrected chi connectivity index (χ4v) is 5.53. The van der Waals surface area contributed by atoms with Crippen molar-refractivity contribution in [2.24, 2.45) is 0 Å². The van der Waals surface area contributed by atoms with Crippen molar-refractivity contribution in [2.45, 2.75) is 64.3 Å². The molecule has 0 radical (unpaired) electrons. The molecular formula is C27H36O7SSi. The first-order valence-electron chi connectivity index (χ1n) is 12.1. The van der Waals surface area contributed by atoms with Gasteiger partial charge >= 0.3 is 0 Å². The minimum absolute atomic E-state index is 0.000116. The molecule has 0 aliphatic rings. The van der Waals surface area contributed by atoms with Gasteiger partial charge in [-0.15, -0.1) is 0 Å². The number of unbranched alkanes of at least 4 members (excludes halogenated alkanes) is 1. The minimum atomic E-state index is -3.98. The zero-order valence-electron chi connectivity index (χ0n) is 21.6. The molecule has 0 aliphatic heterocycles. The van der Waals surface area contributed by atoms with Crippen LogP contribution in [-0.2, 0) is 14.5 Å². The summed E-state index contributed by atoms with van der Waals surface area (Å²) in [5.74, 6) is 0.773. The van der Waals surface area contributed by atoms with E-state index in [0.717, 1.165) is 5.56 Å². The maximum atomic E-state index is 12.6. The lowest BCUT2D eigenvalue weighted by atomic mass is 10.1. The lowest BCUT2D eigenvalue weighted by Gasteiger charge is -2.39. The molecule has 1 unspecified atom stereocenters. The Labute approximate surface area is 214 Å². The molecular weight excluding hydrogens is 496 g/mol. The van der Waals surface area contributed by atoms with Crippen LogP contribution in [0.4, 0.5) is 0 Å². The number of fused-ring (bicyclic) bond motifs is 1. The van der Waals surface area contributed by atoms with Crippen molar-refractivity contribution in [2.75, 3.05) is 12.4 Å². The van der Waals surface area contributed by atoms with E-state index in [1.54, 1.807) is 18.2 Å². The molecule has 0 bridgehead atoms. The van der Waals surface area contributed by atoms with Crippen LogP contribution >= 0.6 is 0 Å². The second-order valence-electron chi connectivity index (χ2n) is 10.6. The monoisotopic (exact) mass is 532 g/mol. The largest absolute Gasteiger partial charge is 0.491 e. The van der Waals surface area contributed by atoms with Gasteiger partial charge in [-0.25, -0.2) is 0 Å². The number of hydrogen-bond donors (Lipinski definition) is 1. The molecule has 0 amide bonds. The van der Waals surface area contributed by atoms with Crippen LogP contribution in [-0.4, -0.2) is 39.8 Å². The van der Waals surface area contributed by atoms with Crippen molar-refractivity contribution >= 4 is 29.4 Å². The summed E-state index contributed by atoms with van der Waals surface area (Å²) in [6.07, 6.45) is 1.28. The lowest BCUT2D eigenvalue weighted by molar-refractivity contribution is 0.106. The third kappa shape index (κ3) is 7.77. The van der Waals surface area contributed by atoms with Crippen LogP contribution in [0.25, 0.3) is 22.3 Å². The molecule has 0 spiro atoms. The molecule has 1 N–H and O–H groups in total. The van der Waals surface area contributed by atoms with Gasteiger partial charge in [0, 0.05) is 17.7 Å². The molecule has 3 aromatic rings. The van der Waals surface area contributed by atoms with Crippen molar-refractivity contribution < 1.29 is 26.6 Å². The van der Waals surface area contributed by atoms with E-state index in [9.17, 15) is 13.2 Å². The van der Waals surface area contributed by atoms with E-state index in [-0.39, 0.29) is 28.9 Å². The Kier molecular flexibility index (Phi) is 8.82. The average Bonchev–Trinajstić information content (AvgIpc) is 2.79.